The van der Waals surface area contributed by atoms with Gasteiger partial charge in [-0.3, -0.25) is 0 Å². The maximum absolute atomic E-state index is 13.4. The average molecular weight is 396 g/mol. The molecule has 150 valence electrons. The van der Waals surface area contributed by atoms with Gasteiger partial charge in [-0.15, -0.1) is 0 Å². The van der Waals surface area contributed by atoms with E-state index >= 15 is 0 Å². The molecule has 2 aliphatic rings. The quantitative estimate of drug-likeness (QED) is 0.852. The van der Waals surface area contributed by atoms with E-state index in [2.05, 4.69) is 15.3 Å². The fourth-order valence-corrected chi connectivity index (χ4v) is 3.29. The van der Waals surface area contributed by atoms with E-state index in [0.29, 0.717) is 30.5 Å². The Morgan fingerprint density at radius 3 is 2.82 bits per heavy atom. The van der Waals surface area contributed by atoms with Crippen LogP contribution in [0, 0.1) is 0 Å². The van der Waals surface area contributed by atoms with Gasteiger partial charge in [-0.25, -0.2) is 9.97 Å². The highest BCUT2D eigenvalue weighted by Gasteiger charge is 2.36. The highest BCUT2D eigenvalue weighted by molar-refractivity contribution is 5.71. The van der Waals surface area contributed by atoms with Crippen molar-refractivity contribution in [2.24, 2.45) is 0 Å². The smallest absolute Gasteiger partial charge is 0.421 e. The molecule has 2 aliphatic heterocycles. The summed E-state index contributed by atoms with van der Waals surface area (Å²) in [6.07, 6.45) is -0.809. The summed E-state index contributed by atoms with van der Waals surface area (Å²) < 4.78 is 56.4. The van der Waals surface area contributed by atoms with Gasteiger partial charge in [-0.1, -0.05) is 0 Å². The molecule has 7 nitrogen and oxygen atoms in total. The summed E-state index contributed by atoms with van der Waals surface area (Å²) in [6.45, 7) is 2.29. The Morgan fingerprint density at radius 2 is 2.11 bits per heavy atom. The van der Waals surface area contributed by atoms with E-state index < -0.39 is 17.6 Å². The van der Waals surface area contributed by atoms with E-state index in [1.807, 2.05) is 0 Å². The van der Waals surface area contributed by atoms with Crippen LogP contribution in [0.3, 0.4) is 0 Å². The number of nitrogens with zero attached hydrogens (tertiary/aromatic N) is 3. The number of methoxy groups -OCH3 is 1. The van der Waals surface area contributed by atoms with Crippen molar-refractivity contribution in [3.63, 3.8) is 0 Å². The van der Waals surface area contributed by atoms with Gasteiger partial charge in [0.15, 0.2) is 5.75 Å². The Labute approximate surface area is 159 Å². The number of alkyl halides is 3. The SMILES string of the molecule is COc1ncc(N2CCOc3cnc(OC4CCNC4)cc32)cc1C(F)(F)F. The number of ether oxygens (including phenoxy) is 3. The van der Waals surface area contributed by atoms with Crippen LogP contribution in [0.2, 0.25) is 0 Å². The lowest BCUT2D eigenvalue weighted by atomic mass is 10.2. The molecule has 2 aromatic heterocycles. The monoisotopic (exact) mass is 396 g/mol. The molecule has 0 saturated carbocycles. The second-order valence-electron chi connectivity index (χ2n) is 6.47. The standard InChI is InChI=1S/C18H19F3N4O3/c1-26-17-13(18(19,20)21)6-11(8-24-17)25-4-5-27-15-10-23-16(7-14(15)25)28-12-2-3-22-9-12/h6-8,10,12,22H,2-5,9H2,1H3. The summed E-state index contributed by atoms with van der Waals surface area (Å²) in [7, 11) is 1.16. The predicted molar refractivity (Wildman–Crippen MR) is 94.4 cm³/mol. The van der Waals surface area contributed by atoms with Crippen LogP contribution in [-0.2, 0) is 6.18 Å². The third-order valence-corrected chi connectivity index (χ3v) is 4.63. The molecule has 0 aromatic carbocycles. The molecular formula is C18H19F3N4O3. The summed E-state index contributed by atoms with van der Waals surface area (Å²) in [5, 5.41) is 3.21. The number of hydrogen-bond donors (Lipinski definition) is 1. The van der Waals surface area contributed by atoms with Crippen molar-refractivity contribution in [1.29, 1.82) is 0 Å². The molecule has 1 atom stereocenters. The first kappa shape index (κ1) is 18.6. The number of rotatable bonds is 4. The molecule has 1 saturated heterocycles. The van der Waals surface area contributed by atoms with E-state index in [1.165, 1.54) is 12.4 Å². The van der Waals surface area contributed by atoms with Crippen LogP contribution in [0.5, 0.6) is 17.5 Å². The molecule has 4 rings (SSSR count). The molecule has 10 heteroatoms. The van der Waals surface area contributed by atoms with Gasteiger partial charge >= 0.3 is 6.18 Å². The van der Waals surface area contributed by atoms with E-state index in [9.17, 15) is 13.2 Å². The van der Waals surface area contributed by atoms with Crippen LogP contribution in [0.4, 0.5) is 24.5 Å². The van der Waals surface area contributed by atoms with Gasteiger partial charge in [-0.2, -0.15) is 13.2 Å². The highest BCUT2D eigenvalue weighted by Crippen LogP contribution is 2.41. The van der Waals surface area contributed by atoms with Crippen molar-refractivity contribution in [1.82, 2.24) is 15.3 Å². The second kappa shape index (κ2) is 7.34. The van der Waals surface area contributed by atoms with Crippen LogP contribution >= 0.6 is 0 Å². The number of nitrogens with one attached hydrogen (secondary N) is 1. The van der Waals surface area contributed by atoms with Crippen LogP contribution in [0.15, 0.2) is 24.5 Å². The van der Waals surface area contributed by atoms with E-state index in [4.69, 9.17) is 14.2 Å². The molecule has 0 radical (unpaired) electrons. The number of aromatic nitrogens is 2. The Balaban J connectivity index is 1.68. The number of anilines is 2. The summed E-state index contributed by atoms with van der Waals surface area (Å²) in [6, 6.07) is 2.72. The van der Waals surface area contributed by atoms with Crippen molar-refractivity contribution < 1.29 is 27.4 Å². The molecule has 1 fully saturated rings. The zero-order valence-corrected chi connectivity index (χ0v) is 15.1. The minimum atomic E-state index is -4.58. The van der Waals surface area contributed by atoms with Crippen LogP contribution in [-0.4, -0.2) is 49.4 Å². The van der Waals surface area contributed by atoms with Gasteiger partial charge in [0.1, 0.15) is 18.3 Å². The van der Waals surface area contributed by atoms with Crippen molar-refractivity contribution in [3.05, 3.63) is 30.1 Å². The Hall–Kier alpha value is -2.75. The Kier molecular flexibility index (Phi) is 4.88. The normalized spacial score (nSPS) is 19.1. The number of hydrogen-bond acceptors (Lipinski definition) is 7. The highest BCUT2D eigenvalue weighted by atomic mass is 19.4. The van der Waals surface area contributed by atoms with E-state index in [1.54, 1.807) is 11.0 Å². The minimum Gasteiger partial charge on any atom is -0.488 e. The third kappa shape index (κ3) is 3.64. The van der Waals surface area contributed by atoms with Crippen LogP contribution in [0.25, 0.3) is 0 Å². The van der Waals surface area contributed by atoms with Crippen LogP contribution < -0.4 is 24.4 Å². The lowest BCUT2D eigenvalue weighted by molar-refractivity contribution is -0.139. The topological polar surface area (TPSA) is 68.7 Å². The van der Waals surface area contributed by atoms with E-state index in [-0.39, 0.29) is 11.8 Å². The van der Waals surface area contributed by atoms with Gasteiger partial charge in [0.25, 0.3) is 0 Å². The Morgan fingerprint density at radius 1 is 1.25 bits per heavy atom. The fraction of sp³-hybridized carbons (Fsp3) is 0.444. The Bertz CT molecular complexity index is 856. The largest absolute Gasteiger partial charge is 0.488 e. The van der Waals surface area contributed by atoms with Gasteiger partial charge in [0.2, 0.25) is 11.8 Å². The number of fused-ring (bicyclic) bond motifs is 1. The zero-order chi connectivity index (χ0) is 19.7. The predicted octanol–water partition coefficient (Wildman–Crippen LogP) is 2.78. The minimum absolute atomic E-state index is 0.0167. The molecule has 4 heterocycles. The maximum Gasteiger partial charge on any atom is 0.421 e. The van der Waals surface area contributed by atoms with Crippen molar-refractivity contribution in [2.75, 3.05) is 38.3 Å². The number of pyridine rings is 2. The van der Waals surface area contributed by atoms with Crippen molar-refractivity contribution in [2.45, 2.75) is 18.7 Å². The van der Waals surface area contributed by atoms with Gasteiger partial charge in [-0.05, 0) is 19.0 Å². The summed E-state index contributed by atoms with van der Waals surface area (Å²) in [5.74, 6) is 0.421. The summed E-state index contributed by atoms with van der Waals surface area (Å²) in [4.78, 5) is 9.80. The van der Waals surface area contributed by atoms with Crippen LogP contribution in [0.1, 0.15) is 12.0 Å². The molecule has 0 spiro atoms. The first-order valence-corrected chi connectivity index (χ1v) is 8.84. The molecule has 1 N–H and O–H groups in total. The molecule has 1 unspecified atom stereocenters. The second-order valence-corrected chi connectivity index (χ2v) is 6.47. The fourth-order valence-electron chi connectivity index (χ4n) is 3.29. The molecule has 0 aliphatic carbocycles. The van der Waals surface area contributed by atoms with Gasteiger partial charge in [0.05, 0.1) is 37.4 Å². The molecule has 0 bridgehead atoms. The first-order chi connectivity index (χ1) is 13.5. The molecule has 28 heavy (non-hydrogen) atoms. The molecule has 0 amide bonds. The van der Waals surface area contributed by atoms with Crippen molar-refractivity contribution in [3.8, 4) is 17.5 Å². The maximum atomic E-state index is 13.4. The molecule has 2 aromatic rings. The summed E-state index contributed by atoms with van der Waals surface area (Å²) >= 11 is 0. The lowest BCUT2D eigenvalue weighted by Gasteiger charge is -2.31. The van der Waals surface area contributed by atoms with E-state index in [0.717, 1.165) is 32.7 Å². The van der Waals surface area contributed by atoms with Crippen molar-refractivity contribution >= 4 is 11.4 Å². The lowest BCUT2D eigenvalue weighted by Crippen LogP contribution is -2.29. The first-order valence-electron chi connectivity index (χ1n) is 8.84. The number of halogens is 3. The van der Waals surface area contributed by atoms with Gasteiger partial charge < -0.3 is 24.4 Å². The van der Waals surface area contributed by atoms with Gasteiger partial charge in [0, 0.05) is 12.6 Å². The zero-order valence-electron chi connectivity index (χ0n) is 15.1. The summed E-state index contributed by atoms with van der Waals surface area (Å²) in [5.41, 5.74) is -0.0530. The third-order valence-electron chi connectivity index (χ3n) is 4.63. The molecular weight excluding hydrogens is 377 g/mol. The average Bonchev–Trinajstić information content (AvgIpc) is 3.19.